The van der Waals surface area contributed by atoms with Crippen molar-refractivity contribution < 1.29 is 4.79 Å². The summed E-state index contributed by atoms with van der Waals surface area (Å²) in [6.45, 7) is 3.80. The number of aryl methyl sites for hydroxylation is 1. The first-order valence-corrected chi connectivity index (χ1v) is 7.55. The molecule has 1 unspecified atom stereocenters. The molecular weight excluding hydrogens is 316 g/mol. The summed E-state index contributed by atoms with van der Waals surface area (Å²) in [5.41, 5.74) is 2.07. The van der Waals surface area contributed by atoms with Crippen LogP contribution in [0.25, 0.3) is 11.4 Å². The van der Waals surface area contributed by atoms with Crippen molar-refractivity contribution in [3.63, 3.8) is 0 Å². The maximum absolute atomic E-state index is 11.9. The van der Waals surface area contributed by atoms with Crippen LogP contribution in [0.15, 0.2) is 24.3 Å². The number of carbonyl (C=O) groups is 1. The lowest BCUT2D eigenvalue weighted by Gasteiger charge is -2.10. The van der Waals surface area contributed by atoms with Crippen molar-refractivity contribution in [3.8, 4) is 11.4 Å². The molecule has 0 bridgehead atoms. The van der Waals surface area contributed by atoms with Gasteiger partial charge in [0.2, 0.25) is 11.7 Å². The number of tetrazole rings is 1. The monoisotopic (exact) mass is 336 g/mol. The average Bonchev–Trinajstić information content (AvgIpc) is 3.17. The van der Waals surface area contributed by atoms with Crippen LogP contribution >= 0.6 is 12.4 Å². The van der Waals surface area contributed by atoms with E-state index >= 15 is 0 Å². The molecule has 1 aromatic carbocycles. The number of hydrogen-bond donors (Lipinski definition) is 2. The molecule has 2 heterocycles. The van der Waals surface area contributed by atoms with E-state index in [1.54, 1.807) is 0 Å². The molecule has 0 saturated carbocycles. The SMILES string of the molecule is Cc1ccc(-c2nnn(CC(=O)NCC3CCCN3)n2)cc1.Cl. The minimum Gasteiger partial charge on any atom is -0.353 e. The van der Waals surface area contributed by atoms with Gasteiger partial charge in [0.25, 0.3) is 0 Å². The number of benzene rings is 1. The molecule has 1 saturated heterocycles. The van der Waals surface area contributed by atoms with E-state index in [4.69, 9.17) is 0 Å². The van der Waals surface area contributed by atoms with Crippen LogP contribution in [-0.2, 0) is 11.3 Å². The Hall–Kier alpha value is -1.99. The molecule has 23 heavy (non-hydrogen) atoms. The van der Waals surface area contributed by atoms with Gasteiger partial charge in [0.15, 0.2) is 0 Å². The Morgan fingerprint density at radius 1 is 1.39 bits per heavy atom. The van der Waals surface area contributed by atoms with Crippen LogP contribution in [0.2, 0.25) is 0 Å². The lowest BCUT2D eigenvalue weighted by atomic mass is 10.1. The Morgan fingerprint density at radius 2 is 2.17 bits per heavy atom. The molecule has 0 aliphatic carbocycles. The van der Waals surface area contributed by atoms with E-state index in [0.29, 0.717) is 18.4 Å². The molecule has 1 amide bonds. The van der Waals surface area contributed by atoms with Crippen LogP contribution in [0.5, 0.6) is 0 Å². The van der Waals surface area contributed by atoms with Gasteiger partial charge in [-0.25, -0.2) is 0 Å². The summed E-state index contributed by atoms with van der Waals surface area (Å²) >= 11 is 0. The maximum Gasteiger partial charge on any atom is 0.243 e. The summed E-state index contributed by atoms with van der Waals surface area (Å²) < 4.78 is 0. The lowest BCUT2D eigenvalue weighted by Crippen LogP contribution is -2.38. The number of amides is 1. The summed E-state index contributed by atoms with van der Waals surface area (Å²) in [5.74, 6) is 0.437. The van der Waals surface area contributed by atoms with Gasteiger partial charge in [-0.1, -0.05) is 29.8 Å². The first-order valence-electron chi connectivity index (χ1n) is 7.55. The van der Waals surface area contributed by atoms with Gasteiger partial charge < -0.3 is 10.6 Å². The summed E-state index contributed by atoms with van der Waals surface area (Å²) in [6.07, 6.45) is 2.28. The van der Waals surface area contributed by atoms with Crippen molar-refractivity contribution in [3.05, 3.63) is 29.8 Å². The van der Waals surface area contributed by atoms with Gasteiger partial charge in [-0.15, -0.1) is 22.6 Å². The minimum absolute atomic E-state index is 0. The maximum atomic E-state index is 11.9. The normalized spacial score (nSPS) is 16.8. The molecule has 124 valence electrons. The standard InChI is InChI=1S/C15H20N6O.ClH/c1-11-4-6-12(7-5-11)15-18-20-21(19-15)10-14(22)17-9-13-3-2-8-16-13;/h4-7,13,16H,2-3,8-10H2,1H3,(H,17,22);1H. The number of rotatable bonds is 5. The van der Waals surface area contributed by atoms with E-state index in [9.17, 15) is 4.79 Å². The average molecular weight is 337 g/mol. The number of halogens is 1. The lowest BCUT2D eigenvalue weighted by molar-refractivity contribution is -0.122. The Labute approximate surface area is 141 Å². The summed E-state index contributed by atoms with van der Waals surface area (Å²) in [6, 6.07) is 8.27. The summed E-state index contributed by atoms with van der Waals surface area (Å²) in [5, 5.41) is 18.4. The van der Waals surface area contributed by atoms with Crippen molar-refractivity contribution in [2.24, 2.45) is 0 Å². The van der Waals surface area contributed by atoms with Crippen molar-refractivity contribution in [2.75, 3.05) is 13.1 Å². The molecule has 1 fully saturated rings. The summed E-state index contributed by atoms with van der Waals surface area (Å²) in [7, 11) is 0. The molecule has 1 aliphatic rings. The topological polar surface area (TPSA) is 84.7 Å². The Kier molecular flexibility index (Phi) is 6.06. The van der Waals surface area contributed by atoms with Gasteiger partial charge >= 0.3 is 0 Å². The molecular formula is C15H21ClN6O. The fourth-order valence-corrected chi connectivity index (χ4v) is 2.48. The third-order valence-electron chi connectivity index (χ3n) is 3.76. The zero-order valence-electron chi connectivity index (χ0n) is 13.0. The van der Waals surface area contributed by atoms with Crippen LogP contribution < -0.4 is 10.6 Å². The third kappa shape index (κ3) is 4.74. The third-order valence-corrected chi connectivity index (χ3v) is 3.76. The first-order chi connectivity index (χ1) is 10.7. The number of aromatic nitrogens is 4. The second-order valence-corrected chi connectivity index (χ2v) is 5.61. The van der Waals surface area contributed by atoms with Crippen LogP contribution in [0.4, 0.5) is 0 Å². The number of hydrogen-bond acceptors (Lipinski definition) is 5. The smallest absolute Gasteiger partial charge is 0.243 e. The van der Waals surface area contributed by atoms with Gasteiger partial charge in [0.1, 0.15) is 6.54 Å². The zero-order chi connectivity index (χ0) is 15.4. The molecule has 1 aliphatic heterocycles. The Morgan fingerprint density at radius 3 is 2.87 bits per heavy atom. The fraction of sp³-hybridized carbons (Fsp3) is 0.467. The highest BCUT2D eigenvalue weighted by Crippen LogP contribution is 2.13. The molecule has 8 heteroatoms. The van der Waals surface area contributed by atoms with Crippen molar-refractivity contribution in [1.29, 1.82) is 0 Å². The van der Waals surface area contributed by atoms with Crippen LogP contribution in [0, 0.1) is 6.92 Å². The highest BCUT2D eigenvalue weighted by atomic mass is 35.5. The van der Waals surface area contributed by atoms with Gasteiger partial charge in [-0.2, -0.15) is 4.80 Å². The Balaban J connectivity index is 0.00000192. The highest BCUT2D eigenvalue weighted by molar-refractivity contribution is 5.85. The first kappa shape index (κ1) is 17.4. The predicted octanol–water partition coefficient (Wildman–Crippen LogP) is 0.939. The van der Waals surface area contributed by atoms with Crippen molar-refractivity contribution in [1.82, 2.24) is 30.8 Å². The predicted molar refractivity (Wildman–Crippen MR) is 89.3 cm³/mol. The molecule has 1 atom stereocenters. The second kappa shape index (κ2) is 8.03. The van der Waals surface area contributed by atoms with E-state index in [-0.39, 0.29) is 24.9 Å². The molecule has 2 aromatic rings. The van der Waals surface area contributed by atoms with E-state index in [1.165, 1.54) is 16.8 Å². The molecule has 0 radical (unpaired) electrons. The molecule has 1 aromatic heterocycles. The molecule has 7 nitrogen and oxygen atoms in total. The van der Waals surface area contributed by atoms with Gasteiger partial charge in [-0.05, 0) is 31.5 Å². The van der Waals surface area contributed by atoms with E-state index in [0.717, 1.165) is 18.5 Å². The second-order valence-electron chi connectivity index (χ2n) is 5.61. The largest absolute Gasteiger partial charge is 0.353 e. The minimum atomic E-state index is -0.0958. The molecule has 0 spiro atoms. The zero-order valence-corrected chi connectivity index (χ0v) is 13.8. The van der Waals surface area contributed by atoms with Gasteiger partial charge in [0, 0.05) is 18.2 Å². The molecule has 2 N–H and O–H groups in total. The van der Waals surface area contributed by atoms with Crippen LogP contribution in [0.1, 0.15) is 18.4 Å². The van der Waals surface area contributed by atoms with Crippen LogP contribution in [-0.4, -0.2) is 45.2 Å². The van der Waals surface area contributed by atoms with E-state index in [1.807, 2.05) is 31.2 Å². The summed E-state index contributed by atoms with van der Waals surface area (Å²) in [4.78, 5) is 13.2. The van der Waals surface area contributed by atoms with E-state index < -0.39 is 0 Å². The number of nitrogens with one attached hydrogen (secondary N) is 2. The van der Waals surface area contributed by atoms with Crippen LogP contribution in [0.3, 0.4) is 0 Å². The quantitative estimate of drug-likeness (QED) is 0.848. The van der Waals surface area contributed by atoms with Gasteiger partial charge in [0.05, 0.1) is 0 Å². The number of carbonyl (C=O) groups excluding carboxylic acids is 1. The molecule has 3 rings (SSSR count). The number of nitrogens with zero attached hydrogens (tertiary/aromatic N) is 4. The highest BCUT2D eigenvalue weighted by Gasteiger charge is 2.15. The fourth-order valence-electron chi connectivity index (χ4n) is 2.48. The van der Waals surface area contributed by atoms with E-state index in [2.05, 4.69) is 26.0 Å². The Bertz CT molecular complexity index is 636. The van der Waals surface area contributed by atoms with Crippen molar-refractivity contribution in [2.45, 2.75) is 32.4 Å². The van der Waals surface area contributed by atoms with Crippen molar-refractivity contribution >= 4 is 18.3 Å². The van der Waals surface area contributed by atoms with Gasteiger partial charge in [-0.3, -0.25) is 4.79 Å².